The highest BCUT2D eigenvalue weighted by atomic mass is 32.2. The molecule has 0 N–H and O–H groups in total. The highest BCUT2D eigenvalue weighted by Gasteiger charge is 2.39. The van der Waals surface area contributed by atoms with E-state index in [4.69, 9.17) is 4.42 Å². The van der Waals surface area contributed by atoms with Gasteiger partial charge in [0.2, 0.25) is 0 Å². The lowest BCUT2D eigenvalue weighted by atomic mass is 9.99. The van der Waals surface area contributed by atoms with Gasteiger partial charge in [0.25, 0.3) is 11.8 Å². The Balaban J connectivity index is 1.79. The van der Waals surface area contributed by atoms with Crippen LogP contribution in [0.2, 0.25) is 0 Å². The lowest BCUT2D eigenvalue weighted by Crippen LogP contribution is -2.32. The molecule has 0 saturated heterocycles. The van der Waals surface area contributed by atoms with Gasteiger partial charge in [-0.3, -0.25) is 14.5 Å². The van der Waals surface area contributed by atoms with Crippen LogP contribution < -0.4 is 0 Å². The van der Waals surface area contributed by atoms with Crippen molar-refractivity contribution in [3.05, 3.63) is 64.0 Å². The molecular formula is C25H31NO3S. The number of hydrogen-bond acceptors (Lipinski definition) is 4. The number of carbonyl (C=O) groups is 2. The molecule has 30 heavy (non-hydrogen) atoms. The maximum absolute atomic E-state index is 13.3. The standard InChI is InChI=1S/C25H31NO3S/c1-4-5-6-7-8-9-14-26-24(27)22(21-13-12-18(2)16-19(21)3)23(25(26)28)30-17-20-11-10-15-29-20/h10-13,15-16H,4-9,14,17H2,1-3H3. The molecule has 1 aromatic heterocycles. The molecule has 4 nitrogen and oxygen atoms in total. The van der Waals surface area contributed by atoms with E-state index in [1.54, 1.807) is 6.26 Å². The fourth-order valence-electron chi connectivity index (χ4n) is 3.81. The Morgan fingerprint density at radius 3 is 2.43 bits per heavy atom. The molecule has 2 amide bonds. The molecule has 0 radical (unpaired) electrons. The fourth-order valence-corrected chi connectivity index (χ4v) is 4.84. The van der Waals surface area contributed by atoms with E-state index in [2.05, 4.69) is 13.0 Å². The van der Waals surface area contributed by atoms with Crippen molar-refractivity contribution in [2.24, 2.45) is 0 Å². The number of furan rings is 1. The summed E-state index contributed by atoms with van der Waals surface area (Å²) < 4.78 is 5.42. The van der Waals surface area contributed by atoms with Crippen LogP contribution in [0.3, 0.4) is 0 Å². The zero-order valence-corrected chi connectivity index (χ0v) is 19.0. The highest BCUT2D eigenvalue weighted by Crippen LogP contribution is 2.38. The molecule has 1 aliphatic heterocycles. The first-order valence-electron chi connectivity index (χ1n) is 10.9. The van der Waals surface area contributed by atoms with Gasteiger partial charge in [-0.05, 0) is 43.5 Å². The molecular weight excluding hydrogens is 394 g/mol. The molecule has 0 bridgehead atoms. The molecule has 0 unspecified atom stereocenters. The minimum Gasteiger partial charge on any atom is -0.468 e. The summed E-state index contributed by atoms with van der Waals surface area (Å²) in [6, 6.07) is 9.75. The summed E-state index contributed by atoms with van der Waals surface area (Å²) in [6.45, 7) is 6.72. The lowest BCUT2D eigenvalue weighted by molar-refractivity contribution is -0.136. The Bertz CT molecular complexity index is 914. The minimum absolute atomic E-state index is 0.164. The predicted octanol–water partition coefficient (Wildman–Crippen LogP) is 6.27. The summed E-state index contributed by atoms with van der Waals surface area (Å²) in [6.07, 6.45) is 8.36. The highest BCUT2D eigenvalue weighted by molar-refractivity contribution is 8.03. The third kappa shape index (κ3) is 5.25. The van der Waals surface area contributed by atoms with Gasteiger partial charge in [-0.1, -0.05) is 62.8 Å². The van der Waals surface area contributed by atoms with Crippen LogP contribution in [0.1, 0.15) is 67.9 Å². The summed E-state index contributed by atoms with van der Waals surface area (Å²) in [5.41, 5.74) is 3.55. The average molecular weight is 426 g/mol. The van der Waals surface area contributed by atoms with E-state index in [1.165, 1.54) is 35.9 Å². The SMILES string of the molecule is CCCCCCCCN1C(=O)C(SCc2ccco2)=C(c2ccc(C)cc2C)C1=O. The van der Waals surface area contributed by atoms with Gasteiger partial charge in [0.1, 0.15) is 5.76 Å². The van der Waals surface area contributed by atoms with E-state index in [0.29, 0.717) is 22.8 Å². The molecule has 1 aliphatic rings. The number of amides is 2. The Hall–Kier alpha value is -2.27. The van der Waals surface area contributed by atoms with Gasteiger partial charge in [0.05, 0.1) is 22.5 Å². The van der Waals surface area contributed by atoms with Crippen LogP contribution in [0, 0.1) is 13.8 Å². The fraction of sp³-hybridized carbons (Fsp3) is 0.440. The Labute approximate surface area is 183 Å². The molecule has 0 aliphatic carbocycles. The first-order chi connectivity index (χ1) is 14.5. The summed E-state index contributed by atoms with van der Waals surface area (Å²) in [5.74, 6) is 0.991. The van der Waals surface area contributed by atoms with Gasteiger partial charge in [-0.15, -0.1) is 11.8 Å². The van der Waals surface area contributed by atoms with E-state index < -0.39 is 0 Å². The van der Waals surface area contributed by atoms with Crippen molar-refractivity contribution in [3.63, 3.8) is 0 Å². The molecule has 0 atom stereocenters. The van der Waals surface area contributed by atoms with Crippen LogP contribution >= 0.6 is 11.8 Å². The van der Waals surface area contributed by atoms with Crippen LogP contribution in [-0.2, 0) is 15.3 Å². The van der Waals surface area contributed by atoms with Crippen molar-refractivity contribution in [2.45, 2.75) is 65.0 Å². The van der Waals surface area contributed by atoms with Gasteiger partial charge >= 0.3 is 0 Å². The number of carbonyl (C=O) groups excluding carboxylic acids is 2. The predicted molar refractivity (Wildman–Crippen MR) is 123 cm³/mol. The van der Waals surface area contributed by atoms with Gasteiger partial charge in [-0.2, -0.15) is 0 Å². The average Bonchev–Trinajstić information content (AvgIpc) is 3.31. The third-order valence-electron chi connectivity index (χ3n) is 5.45. The maximum atomic E-state index is 13.3. The quantitative estimate of drug-likeness (QED) is 0.314. The zero-order valence-electron chi connectivity index (χ0n) is 18.2. The van der Waals surface area contributed by atoms with Crippen molar-refractivity contribution in [1.29, 1.82) is 0 Å². The van der Waals surface area contributed by atoms with Gasteiger partial charge in [0.15, 0.2) is 0 Å². The Morgan fingerprint density at radius 1 is 0.967 bits per heavy atom. The van der Waals surface area contributed by atoms with Crippen LogP contribution in [0.15, 0.2) is 45.9 Å². The maximum Gasteiger partial charge on any atom is 0.267 e. The monoisotopic (exact) mass is 425 g/mol. The summed E-state index contributed by atoms with van der Waals surface area (Å²) in [5, 5.41) is 0. The van der Waals surface area contributed by atoms with Crippen molar-refractivity contribution < 1.29 is 14.0 Å². The van der Waals surface area contributed by atoms with E-state index in [1.807, 2.05) is 38.1 Å². The largest absolute Gasteiger partial charge is 0.468 e. The summed E-state index contributed by atoms with van der Waals surface area (Å²) in [4.78, 5) is 28.5. The van der Waals surface area contributed by atoms with Gasteiger partial charge < -0.3 is 4.42 Å². The molecule has 160 valence electrons. The summed E-state index contributed by atoms with van der Waals surface area (Å²) >= 11 is 1.40. The molecule has 2 heterocycles. The number of hydrogen-bond donors (Lipinski definition) is 0. The number of nitrogens with zero attached hydrogens (tertiary/aromatic N) is 1. The smallest absolute Gasteiger partial charge is 0.267 e. The van der Waals surface area contributed by atoms with Gasteiger partial charge in [-0.25, -0.2) is 0 Å². The van der Waals surface area contributed by atoms with Crippen molar-refractivity contribution in [3.8, 4) is 0 Å². The van der Waals surface area contributed by atoms with Crippen molar-refractivity contribution in [1.82, 2.24) is 4.90 Å². The minimum atomic E-state index is -0.167. The van der Waals surface area contributed by atoms with Crippen molar-refractivity contribution in [2.75, 3.05) is 6.54 Å². The number of thioether (sulfide) groups is 1. The molecule has 1 aromatic carbocycles. The van der Waals surface area contributed by atoms with E-state index in [-0.39, 0.29) is 11.8 Å². The molecule has 0 spiro atoms. The number of rotatable bonds is 11. The van der Waals surface area contributed by atoms with Crippen LogP contribution in [0.25, 0.3) is 5.57 Å². The molecule has 5 heteroatoms. The molecule has 2 aromatic rings. The second-order valence-electron chi connectivity index (χ2n) is 7.92. The van der Waals surface area contributed by atoms with E-state index in [9.17, 15) is 9.59 Å². The second-order valence-corrected chi connectivity index (χ2v) is 8.91. The molecule has 0 fully saturated rings. The second kappa shape index (κ2) is 10.7. The van der Waals surface area contributed by atoms with Crippen LogP contribution in [-0.4, -0.2) is 23.3 Å². The number of benzene rings is 1. The Kier molecular flexibility index (Phi) is 7.97. The number of aryl methyl sites for hydroxylation is 2. The summed E-state index contributed by atoms with van der Waals surface area (Å²) in [7, 11) is 0. The first-order valence-corrected chi connectivity index (χ1v) is 11.8. The third-order valence-corrected chi connectivity index (χ3v) is 6.55. The van der Waals surface area contributed by atoms with Crippen LogP contribution in [0.5, 0.6) is 0 Å². The zero-order chi connectivity index (χ0) is 21.5. The topological polar surface area (TPSA) is 50.5 Å². The molecule has 0 saturated carbocycles. The Morgan fingerprint density at radius 2 is 1.73 bits per heavy atom. The van der Waals surface area contributed by atoms with E-state index in [0.717, 1.165) is 41.7 Å². The van der Waals surface area contributed by atoms with Crippen molar-refractivity contribution >= 4 is 29.1 Å². The normalized spacial score (nSPS) is 14.3. The van der Waals surface area contributed by atoms with Crippen LogP contribution in [0.4, 0.5) is 0 Å². The first kappa shape index (κ1) is 22.4. The van der Waals surface area contributed by atoms with Gasteiger partial charge in [0, 0.05) is 6.54 Å². The molecule has 3 rings (SSSR count). The number of unbranched alkanes of at least 4 members (excludes halogenated alkanes) is 5. The van der Waals surface area contributed by atoms with E-state index >= 15 is 0 Å². The number of imide groups is 1. The lowest BCUT2D eigenvalue weighted by Gasteiger charge is -2.15.